The molecule has 8 heavy (non-hydrogen) atoms. The standard InChI is InChI=1S/C6H5B.Cs.H/c7-6-4-2-1-3-5-6;;/h1-5H;;/q;+1;-1. The van der Waals surface area contributed by atoms with Crippen LogP contribution in [-0.2, 0) is 0 Å². The van der Waals surface area contributed by atoms with Crippen LogP contribution in [0.25, 0.3) is 0 Å². The number of benzene rings is 1. The van der Waals surface area contributed by atoms with E-state index in [-0.39, 0.29) is 70.3 Å². The maximum atomic E-state index is 5.36. The van der Waals surface area contributed by atoms with Gasteiger partial charge in [-0.15, -0.1) is 0 Å². The topological polar surface area (TPSA) is 0 Å². The molecule has 2 radical (unpaired) electrons. The van der Waals surface area contributed by atoms with Gasteiger partial charge in [0.15, 0.2) is 0 Å². The fraction of sp³-hybridized carbons (Fsp3) is 0. The molecule has 0 atom stereocenters. The minimum Gasteiger partial charge on any atom is -1.00 e. The van der Waals surface area contributed by atoms with Crippen molar-refractivity contribution in [1.29, 1.82) is 0 Å². The Morgan fingerprint density at radius 1 is 1.12 bits per heavy atom. The van der Waals surface area contributed by atoms with Gasteiger partial charge in [0.1, 0.15) is 7.85 Å². The first-order chi connectivity index (χ1) is 3.39. The van der Waals surface area contributed by atoms with Crippen molar-refractivity contribution in [2.75, 3.05) is 0 Å². The minimum absolute atomic E-state index is 0. The maximum absolute atomic E-state index is 5.36. The zero-order valence-electron chi connectivity index (χ0n) is 5.96. The Hall–Kier alpha value is 1.34. The maximum Gasteiger partial charge on any atom is 1.00 e. The second kappa shape index (κ2) is 5.15. The first-order valence-corrected chi connectivity index (χ1v) is 2.20. The van der Waals surface area contributed by atoms with Gasteiger partial charge in [0.25, 0.3) is 0 Å². The summed E-state index contributed by atoms with van der Waals surface area (Å²) in [7, 11) is 5.36. The summed E-state index contributed by atoms with van der Waals surface area (Å²) in [5.74, 6) is 0. The van der Waals surface area contributed by atoms with Crippen molar-refractivity contribution in [3.63, 3.8) is 0 Å². The van der Waals surface area contributed by atoms with Gasteiger partial charge in [-0.25, -0.2) is 0 Å². The molecular weight excluding hydrogens is 216 g/mol. The fourth-order valence-electron chi connectivity index (χ4n) is 0.453. The molecule has 2 heteroatoms. The van der Waals surface area contributed by atoms with Gasteiger partial charge in [-0.05, 0) is 0 Å². The van der Waals surface area contributed by atoms with Crippen molar-refractivity contribution in [1.82, 2.24) is 0 Å². The van der Waals surface area contributed by atoms with Gasteiger partial charge in [0.2, 0.25) is 0 Å². The Morgan fingerprint density at radius 2 is 1.62 bits per heavy atom. The minimum atomic E-state index is 0. The Bertz CT molecular complexity index is 143. The molecule has 0 N–H and O–H groups in total. The molecule has 0 amide bonds. The van der Waals surface area contributed by atoms with E-state index in [0.717, 1.165) is 5.46 Å². The van der Waals surface area contributed by atoms with Crippen LogP contribution in [0.1, 0.15) is 1.43 Å². The second-order valence-corrected chi connectivity index (χ2v) is 1.41. The molecule has 34 valence electrons. The summed E-state index contributed by atoms with van der Waals surface area (Å²) in [6.07, 6.45) is 0. The quantitative estimate of drug-likeness (QED) is 0.429. The molecule has 0 aromatic heterocycles. The van der Waals surface area contributed by atoms with Gasteiger partial charge in [-0.3, -0.25) is 0 Å². The molecule has 0 aliphatic heterocycles. The molecule has 0 spiro atoms. The molecule has 0 saturated carbocycles. The molecular formula is C6H6BCs. The van der Waals surface area contributed by atoms with Crippen LogP contribution in [0.5, 0.6) is 0 Å². The molecule has 0 heterocycles. The third kappa shape index (κ3) is 3.38. The summed E-state index contributed by atoms with van der Waals surface area (Å²) in [5, 5.41) is 0. The normalized spacial score (nSPS) is 7.50. The van der Waals surface area contributed by atoms with E-state index in [1.807, 2.05) is 30.3 Å². The van der Waals surface area contributed by atoms with Crippen LogP contribution in [0, 0.1) is 0 Å². The first kappa shape index (κ1) is 9.34. The molecule has 0 bridgehead atoms. The van der Waals surface area contributed by atoms with Crippen LogP contribution in [0.4, 0.5) is 0 Å². The summed E-state index contributed by atoms with van der Waals surface area (Å²) in [4.78, 5) is 0. The van der Waals surface area contributed by atoms with Gasteiger partial charge in [-0.2, -0.15) is 0 Å². The van der Waals surface area contributed by atoms with Crippen LogP contribution in [0.2, 0.25) is 0 Å². The largest absolute Gasteiger partial charge is 1.00 e. The van der Waals surface area contributed by atoms with E-state index >= 15 is 0 Å². The van der Waals surface area contributed by atoms with Crippen molar-refractivity contribution >= 4 is 13.3 Å². The summed E-state index contributed by atoms with van der Waals surface area (Å²) >= 11 is 0. The van der Waals surface area contributed by atoms with E-state index in [1.54, 1.807) is 0 Å². The summed E-state index contributed by atoms with van der Waals surface area (Å²) in [6.45, 7) is 0. The predicted octanol–water partition coefficient (Wildman–Crippen LogP) is -2.40. The average Bonchev–Trinajstić information content (AvgIpc) is 1.69. The number of hydrogen-bond donors (Lipinski definition) is 0. The van der Waals surface area contributed by atoms with Crippen molar-refractivity contribution in [2.45, 2.75) is 0 Å². The van der Waals surface area contributed by atoms with Gasteiger partial charge >= 0.3 is 68.9 Å². The molecule has 0 nitrogen and oxygen atoms in total. The van der Waals surface area contributed by atoms with Gasteiger partial charge < -0.3 is 1.43 Å². The van der Waals surface area contributed by atoms with Gasteiger partial charge in [0.05, 0.1) is 0 Å². The van der Waals surface area contributed by atoms with Crippen LogP contribution < -0.4 is 74.4 Å². The summed E-state index contributed by atoms with van der Waals surface area (Å²) in [5.41, 5.74) is 0.822. The van der Waals surface area contributed by atoms with E-state index in [9.17, 15) is 0 Å². The molecule has 1 rings (SSSR count). The predicted molar refractivity (Wildman–Crippen MR) is 32.9 cm³/mol. The monoisotopic (exact) mass is 222 g/mol. The molecule has 0 unspecified atom stereocenters. The molecule has 0 saturated heterocycles. The summed E-state index contributed by atoms with van der Waals surface area (Å²) in [6, 6.07) is 9.49. The van der Waals surface area contributed by atoms with E-state index in [4.69, 9.17) is 7.85 Å². The van der Waals surface area contributed by atoms with E-state index in [0.29, 0.717) is 0 Å². The van der Waals surface area contributed by atoms with Crippen molar-refractivity contribution in [3.8, 4) is 0 Å². The zero-order chi connectivity index (χ0) is 5.11. The Balaban J connectivity index is 0. The Morgan fingerprint density at radius 3 is 1.88 bits per heavy atom. The Kier molecular flexibility index (Phi) is 6.01. The average molecular weight is 222 g/mol. The second-order valence-electron chi connectivity index (χ2n) is 1.41. The van der Waals surface area contributed by atoms with Crippen LogP contribution in [0.3, 0.4) is 0 Å². The molecule has 1 aromatic rings. The van der Waals surface area contributed by atoms with Gasteiger partial charge in [-0.1, -0.05) is 35.8 Å². The fourth-order valence-corrected chi connectivity index (χ4v) is 0.453. The van der Waals surface area contributed by atoms with E-state index < -0.39 is 0 Å². The van der Waals surface area contributed by atoms with Crippen LogP contribution >= 0.6 is 0 Å². The molecule has 1 aromatic carbocycles. The smallest absolute Gasteiger partial charge is 1.00 e. The third-order valence-electron chi connectivity index (χ3n) is 0.800. The van der Waals surface area contributed by atoms with Gasteiger partial charge in [0, 0.05) is 0 Å². The van der Waals surface area contributed by atoms with Crippen LogP contribution in [0.15, 0.2) is 30.3 Å². The molecule has 0 aliphatic carbocycles. The molecule has 0 fully saturated rings. The number of rotatable bonds is 0. The van der Waals surface area contributed by atoms with Crippen molar-refractivity contribution < 1.29 is 70.3 Å². The van der Waals surface area contributed by atoms with Crippen molar-refractivity contribution in [3.05, 3.63) is 30.3 Å². The molecule has 0 aliphatic rings. The van der Waals surface area contributed by atoms with Crippen LogP contribution in [-0.4, -0.2) is 7.85 Å². The number of hydrogen-bond acceptors (Lipinski definition) is 0. The summed E-state index contributed by atoms with van der Waals surface area (Å²) < 4.78 is 0. The SMILES string of the molecule is [B]c1ccccc1.[Cs+].[H-]. The van der Waals surface area contributed by atoms with E-state index in [2.05, 4.69) is 0 Å². The Labute approximate surface area is 111 Å². The van der Waals surface area contributed by atoms with Crippen molar-refractivity contribution in [2.24, 2.45) is 0 Å². The first-order valence-electron chi connectivity index (χ1n) is 2.20. The zero-order valence-corrected chi connectivity index (χ0v) is 11.2. The third-order valence-corrected chi connectivity index (χ3v) is 0.800. The van der Waals surface area contributed by atoms with E-state index in [1.165, 1.54) is 0 Å².